The van der Waals surface area contributed by atoms with E-state index in [1.165, 1.54) is 22.2 Å². The van der Waals surface area contributed by atoms with Crippen LogP contribution in [0.3, 0.4) is 0 Å². The summed E-state index contributed by atoms with van der Waals surface area (Å²) in [4.78, 5) is 14.3. The molecule has 0 amide bonds. The zero-order valence-electron chi connectivity index (χ0n) is 24.8. The zero-order chi connectivity index (χ0) is 29.6. The Labute approximate surface area is 264 Å². The Bertz CT molecular complexity index is 1850. The molecular weight excluding hydrogens is 756 g/mol. The average molecular weight is 784 g/mol. The normalized spacial score (nSPS) is 14.9. The number of hydrogen-bond acceptors (Lipinski definition) is 6. The van der Waals surface area contributed by atoms with Crippen LogP contribution in [0.5, 0.6) is 11.5 Å². The molecule has 0 saturated heterocycles. The molecule has 41 heavy (non-hydrogen) atoms. The molecule has 6 nitrogen and oxygen atoms in total. The zero-order valence-corrected chi connectivity index (χ0v) is 25.7. The van der Waals surface area contributed by atoms with Crippen molar-refractivity contribution in [3.05, 3.63) is 128 Å². The Morgan fingerprint density at radius 3 is 2.63 bits per heavy atom. The van der Waals surface area contributed by atoms with Crippen LogP contribution in [0.1, 0.15) is 9.68 Å². The summed E-state index contributed by atoms with van der Waals surface area (Å²) in [5, 5.41) is 0. The van der Waals surface area contributed by atoms with Gasteiger partial charge in [-0.3, -0.25) is 0 Å². The summed E-state index contributed by atoms with van der Waals surface area (Å²) < 4.78 is 31.5. The fourth-order valence-electron chi connectivity index (χ4n) is 4.71. The van der Waals surface area contributed by atoms with Crippen LogP contribution in [0, 0.1) is 25.7 Å². The number of anilines is 4. The predicted octanol–water partition coefficient (Wildman–Crippen LogP) is 5.62. The van der Waals surface area contributed by atoms with Crippen LogP contribution in [-0.2, 0) is 21.1 Å². The summed E-state index contributed by atoms with van der Waals surface area (Å²) >= 11 is 0.0523. The van der Waals surface area contributed by atoms with E-state index in [9.17, 15) is 0 Å². The van der Waals surface area contributed by atoms with Crippen LogP contribution >= 0.6 is 0 Å². The molecule has 0 radical (unpaired) electrons. The fraction of sp³-hybridized carbons (Fsp3) is 0.0606. The summed E-state index contributed by atoms with van der Waals surface area (Å²) in [5.74, 6) is 1.79. The number of ether oxygens (including phenoxy) is 1. The van der Waals surface area contributed by atoms with Gasteiger partial charge in [-0.1, -0.05) is 0 Å². The van der Waals surface area contributed by atoms with Crippen molar-refractivity contribution in [2.45, 2.75) is 6.92 Å². The number of nitrogens with zero attached hydrogens (tertiary/aromatic N) is 5. The molecule has 206 valence electrons. The maximum Gasteiger partial charge on any atom is 0 e. The molecule has 8 heteroatoms. The quantitative estimate of drug-likeness (QED) is 0.167. The molecule has 4 heterocycles. The molecule has 0 bridgehead atoms. The molecule has 5 aromatic rings. The third-order valence-electron chi connectivity index (χ3n) is 6.60. The van der Waals surface area contributed by atoms with Gasteiger partial charge in [-0.05, 0) is 0 Å². The Kier molecular flexibility index (Phi) is 6.69. The van der Waals surface area contributed by atoms with E-state index in [1.54, 1.807) is 11.1 Å². The summed E-state index contributed by atoms with van der Waals surface area (Å²) in [7, 11) is 0. The van der Waals surface area contributed by atoms with Gasteiger partial charge in [0.25, 0.3) is 0 Å². The molecule has 2 aliphatic rings. The second-order valence-corrected chi connectivity index (χ2v) is 11.5. The van der Waals surface area contributed by atoms with Crippen molar-refractivity contribution in [1.29, 1.82) is 0 Å². The van der Waals surface area contributed by atoms with Crippen LogP contribution in [0.15, 0.2) is 104 Å². The first-order valence-corrected chi connectivity index (χ1v) is 14.4. The van der Waals surface area contributed by atoms with Gasteiger partial charge in [-0.25, -0.2) is 0 Å². The van der Waals surface area contributed by atoms with Gasteiger partial charge < -0.3 is 0 Å². The summed E-state index contributed by atoms with van der Waals surface area (Å²) in [6, 6.07) is 30.6. The molecule has 0 atom stereocenters. The van der Waals surface area contributed by atoms with Crippen molar-refractivity contribution < 1.29 is 29.9 Å². The maximum atomic E-state index is 7.63. The van der Waals surface area contributed by atoms with Crippen LogP contribution in [0.4, 0.5) is 22.9 Å². The third kappa shape index (κ3) is 5.41. The van der Waals surface area contributed by atoms with Crippen LogP contribution in [-0.4, -0.2) is 36.8 Å². The predicted molar refractivity (Wildman–Crippen MR) is 160 cm³/mol. The van der Waals surface area contributed by atoms with E-state index < -0.39 is 6.98 Å². The second-order valence-electron chi connectivity index (χ2n) is 9.27. The van der Waals surface area contributed by atoms with E-state index in [4.69, 9.17) is 13.8 Å². The smallest absolute Gasteiger partial charge is 0 e. The topological polar surface area (TPSA) is 44.7 Å². The SMILES string of the molecule is [2H]C([2H])([2H])N1C=CN(c2[c-]c(Oc3[c-]c4c(cc3)[Se]c3ccncc3N4c3cc(C)c(-c4ccccc4)cn3)ccc2)[CH-]1.[Pt]. The van der Waals surface area contributed by atoms with Crippen molar-refractivity contribution in [2.24, 2.45) is 0 Å². The van der Waals surface area contributed by atoms with E-state index in [0.29, 0.717) is 17.2 Å². The first kappa shape index (κ1) is 23.8. The monoisotopic (exact) mass is 784 g/mol. The van der Waals surface area contributed by atoms with Gasteiger partial charge in [0.15, 0.2) is 0 Å². The van der Waals surface area contributed by atoms with Crippen molar-refractivity contribution >= 4 is 46.8 Å². The molecule has 2 aromatic heterocycles. The number of rotatable bonds is 5. The number of pyridine rings is 2. The third-order valence-corrected chi connectivity index (χ3v) is 8.94. The first-order valence-electron chi connectivity index (χ1n) is 14.1. The molecule has 0 spiro atoms. The summed E-state index contributed by atoms with van der Waals surface area (Å²) in [6.45, 7) is 1.36. The first-order chi connectivity index (χ1) is 20.8. The van der Waals surface area contributed by atoms with Crippen LogP contribution in [0.2, 0.25) is 0 Å². The van der Waals surface area contributed by atoms with Gasteiger partial charge in [0, 0.05) is 25.2 Å². The molecular formula is C33H24N5OPtSe-3. The van der Waals surface area contributed by atoms with Gasteiger partial charge in [0.1, 0.15) is 0 Å². The minimum atomic E-state index is -2.26. The summed E-state index contributed by atoms with van der Waals surface area (Å²) in [5.41, 5.74) is 5.83. The largest absolute Gasteiger partial charge is 0 e. The van der Waals surface area contributed by atoms with Gasteiger partial charge in [-0.2, -0.15) is 0 Å². The molecule has 2 aliphatic heterocycles. The minimum absolute atomic E-state index is 0. The van der Waals surface area contributed by atoms with Crippen molar-refractivity contribution in [3.63, 3.8) is 0 Å². The van der Waals surface area contributed by atoms with E-state index in [0.717, 1.165) is 38.3 Å². The molecule has 0 N–H and O–H groups in total. The van der Waals surface area contributed by atoms with Gasteiger partial charge in [-0.15, -0.1) is 0 Å². The van der Waals surface area contributed by atoms with Gasteiger partial charge in [0.2, 0.25) is 0 Å². The number of aromatic nitrogens is 2. The van der Waals surface area contributed by atoms with E-state index in [1.807, 2.05) is 61.1 Å². The molecule has 7 rings (SSSR count). The Balaban J connectivity index is 0.00000343. The molecule has 3 aromatic carbocycles. The fourth-order valence-corrected chi connectivity index (χ4v) is 6.78. The Morgan fingerprint density at radius 1 is 0.927 bits per heavy atom. The molecule has 0 saturated carbocycles. The number of hydrogen-bond donors (Lipinski definition) is 0. The van der Waals surface area contributed by atoms with Crippen molar-refractivity contribution in [2.75, 3.05) is 16.8 Å². The molecule has 0 aliphatic carbocycles. The van der Waals surface area contributed by atoms with Crippen molar-refractivity contribution in [3.8, 4) is 22.6 Å². The van der Waals surface area contributed by atoms with Gasteiger partial charge in [0.05, 0.1) is 0 Å². The minimum Gasteiger partial charge on any atom is 0 e. The molecule has 0 fully saturated rings. The van der Waals surface area contributed by atoms with Crippen LogP contribution in [0.25, 0.3) is 11.1 Å². The van der Waals surface area contributed by atoms with E-state index >= 15 is 0 Å². The Morgan fingerprint density at radius 2 is 1.80 bits per heavy atom. The average Bonchev–Trinajstić information content (AvgIpc) is 3.52. The van der Waals surface area contributed by atoms with Crippen molar-refractivity contribution in [1.82, 2.24) is 14.9 Å². The standard InChI is InChI=1S/C33H24N5OSe.Pt/c1-23-17-33(35-20-28(23)24-7-4-3-5-8-24)38-29-19-27(11-12-31(29)40-32-13-14-34-21-30(32)38)39-26-10-6-9-25(18-26)37-16-15-36(2)22-37;/h3-17,20-22H,1-2H3;/q-3;/i2D3;. The Hall–Kier alpha value is -3.89. The number of aryl methyl sites for hydroxylation is 1. The molecule has 0 unspecified atom stereocenters. The summed E-state index contributed by atoms with van der Waals surface area (Å²) in [6.07, 6.45) is 8.82. The number of benzene rings is 3. The van der Waals surface area contributed by atoms with Crippen LogP contribution < -0.4 is 23.5 Å². The second kappa shape index (κ2) is 11.5. The van der Waals surface area contributed by atoms with E-state index in [2.05, 4.69) is 59.3 Å². The number of fused-ring (bicyclic) bond motifs is 2. The van der Waals surface area contributed by atoms with E-state index in [-0.39, 0.29) is 36.0 Å². The van der Waals surface area contributed by atoms with Gasteiger partial charge >= 0.3 is 241 Å². The maximum absolute atomic E-state index is 7.63.